The SMILES string of the molecule is Cn1ccnc1C(O)(CCNC(=O)C[C@@H]1CCC[C@H]1N)C(F)(F)F. The van der Waals surface area contributed by atoms with E-state index in [1.54, 1.807) is 0 Å². The van der Waals surface area contributed by atoms with Crippen LogP contribution in [0.2, 0.25) is 0 Å². The molecule has 4 N–H and O–H groups in total. The lowest BCUT2D eigenvalue weighted by molar-refractivity contribution is -0.272. The molecule has 1 heterocycles. The summed E-state index contributed by atoms with van der Waals surface area (Å²) in [7, 11) is 1.37. The summed E-state index contributed by atoms with van der Waals surface area (Å²) in [5, 5.41) is 12.6. The minimum atomic E-state index is -4.90. The molecule has 0 aromatic carbocycles. The highest BCUT2D eigenvalue weighted by Gasteiger charge is 2.57. The normalized spacial score (nSPS) is 23.9. The Kier molecular flexibility index (Phi) is 5.54. The Bertz CT molecular complexity index is 575. The molecule has 6 nitrogen and oxygen atoms in total. The first-order chi connectivity index (χ1) is 11.1. The Balaban J connectivity index is 1.94. The number of hydrogen-bond acceptors (Lipinski definition) is 4. The first-order valence-corrected chi connectivity index (χ1v) is 7.94. The zero-order valence-corrected chi connectivity index (χ0v) is 13.5. The molecule has 1 aliphatic carbocycles. The number of nitrogens with two attached hydrogens (primary N) is 1. The number of nitrogens with one attached hydrogen (secondary N) is 1. The van der Waals surface area contributed by atoms with Crippen LogP contribution in [0.1, 0.15) is 37.9 Å². The van der Waals surface area contributed by atoms with Gasteiger partial charge in [0.25, 0.3) is 0 Å². The lowest BCUT2D eigenvalue weighted by atomic mass is 9.97. The van der Waals surface area contributed by atoms with E-state index >= 15 is 0 Å². The van der Waals surface area contributed by atoms with Gasteiger partial charge in [0, 0.05) is 44.9 Å². The van der Waals surface area contributed by atoms with E-state index in [4.69, 9.17) is 5.73 Å². The molecule has 0 bridgehead atoms. The van der Waals surface area contributed by atoms with Crippen molar-refractivity contribution in [3.8, 4) is 0 Å². The maximum absolute atomic E-state index is 13.3. The van der Waals surface area contributed by atoms with Crippen LogP contribution in [0, 0.1) is 5.92 Å². The van der Waals surface area contributed by atoms with Crippen LogP contribution < -0.4 is 11.1 Å². The van der Waals surface area contributed by atoms with Crippen LogP contribution in [0.4, 0.5) is 13.2 Å². The predicted molar refractivity (Wildman–Crippen MR) is 80.7 cm³/mol. The fourth-order valence-electron chi connectivity index (χ4n) is 3.16. The highest BCUT2D eigenvalue weighted by molar-refractivity contribution is 5.76. The van der Waals surface area contributed by atoms with Gasteiger partial charge in [0.15, 0.2) is 0 Å². The lowest BCUT2D eigenvalue weighted by Crippen LogP contribution is -2.46. The van der Waals surface area contributed by atoms with Crippen LogP contribution in [-0.2, 0) is 17.4 Å². The number of aliphatic hydroxyl groups is 1. The smallest absolute Gasteiger partial charge is 0.374 e. The summed E-state index contributed by atoms with van der Waals surface area (Å²) in [5.74, 6) is -0.773. The van der Waals surface area contributed by atoms with Gasteiger partial charge in [-0.1, -0.05) is 6.42 Å². The molecule has 1 aromatic heterocycles. The number of amides is 1. The molecule has 24 heavy (non-hydrogen) atoms. The van der Waals surface area contributed by atoms with Crippen LogP contribution >= 0.6 is 0 Å². The predicted octanol–water partition coefficient (Wildman–Crippen LogP) is 1.19. The van der Waals surface area contributed by atoms with Crippen LogP contribution in [0.25, 0.3) is 0 Å². The molecule has 3 atom stereocenters. The van der Waals surface area contributed by atoms with Crippen molar-refractivity contribution < 1.29 is 23.1 Å². The second-order valence-electron chi connectivity index (χ2n) is 6.38. The molecule has 1 amide bonds. The fourth-order valence-corrected chi connectivity index (χ4v) is 3.16. The van der Waals surface area contributed by atoms with Crippen molar-refractivity contribution in [2.24, 2.45) is 18.7 Å². The number of imidazole rings is 1. The third kappa shape index (κ3) is 3.89. The number of aromatic nitrogens is 2. The number of carbonyl (C=O) groups excluding carboxylic acids is 1. The molecule has 2 rings (SSSR count). The standard InChI is InChI=1S/C15H23F3N4O2/c1-22-8-7-21-13(22)14(24,15(16,17)18)5-6-20-12(23)9-10-3-2-4-11(10)19/h7-8,10-11,24H,2-6,9,19H2,1H3,(H,20,23)/t10-,11+,14?/m0/s1. The molecule has 0 aliphatic heterocycles. The summed E-state index contributed by atoms with van der Waals surface area (Å²) in [6, 6.07) is -0.0320. The van der Waals surface area contributed by atoms with E-state index in [9.17, 15) is 23.1 Å². The van der Waals surface area contributed by atoms with Crippen molar-refractivity contribution in [1.82, 2.24) is 14.9 Å². The summed E-state index contributed by atoms with van der Waals surface area (Å²) in [6.45, 7) is -0.302. The molecule has 0 spiro atoms. The Hall–Kier alpha value is -1.61. The molecule has 1 unspecified atom stereocenters. The molecule has 1 aliphatic rings. The lowest BCUT2D eigenvalue weighted by Gasteiger charge is -2.30. The summed E-state index contributed by atoms with van der Waals surface area (Å²) in [4.78, 5) is 15.5. The van der Waals surface area contributed by atoms with Crippen molar-refractivity contribution in [1.29, 1.82) is 0 Å². The number of alkyl halides is 3. The topological polar surface area (TPSA) is 93.2 Å². The van der Waals surface area contributed by atoms with Gasteiger partial charge >= 0.3 is 6.18 Å². The Morgan fingerprint density at radius 1 is 1.50 bits per heavy atom. The Morgan fingerprint density at radius 2 is 2.21 bits per heavy atom. The Morgan fingerprint density at radius 3 is 2.71 bits per heavy atom. The first-order valence-electron chi connectivity index (χ1n) is 7.94. The summed E-state index contributed by atoms with van der Waals surface area (Å²) < 4.78 is 41.1. The highest BCUT2D eigenvalue weighted by Crippen LogP contribution is 2.40. The quantitative estimate of drug-likeness (QED) is 0.720. The van der Waals surface area contributed by atoms with E-state index in [0.717, 1.165) is 23.8 Å². The molecular formula is C15H23F3N4O2. The minimum Gasteiger partial charge on any atom is -0.374 e. The Labute approximate surface area is 138 Å². The van der Waals surface area contributed by atoms with Crippen molar-refractivity contribution >= 4 is 5.91 Å². The fraction of sp³-hybridized carbons (Fsp3) is 0.733. The van der Waals surface area contributed by atoms with Crippen LogP contribution in [0.5, 0.6) is 0 Å². The molecule has 1 fully saturated rings. The molecule has 9 heteroatoms. The number of rotatable bonds is 6. The van der Waals surface area contributed by atoms with Gasteiger partial charge in [-0.15, -0.1) is 0 Å². The monoisotopic (exact) mass is 348 g/mol. The van der Waals surface area contributed by atoms with E-state index in [0.29, 0.717) is 0 Å². The van der Waals surface area contributed by atoms with Crippen LogP contribution in [0.15, 0.2) is 12.4 Å². The average molecular weight is 348 g/mol. The van der Waals surface area contributed by atoms with Gasteiger partial charge in [0.1, 0.15) is 5.82 Å². The van der Waals surface area contributed by atoms with Crippen molar-refractivity contribution in [3.63, 3.8) is 0 Å². The van der Waals surface area contributed by atoms with Gasteiger partial charge < -0.3 is 20.7 Å². The average Bonchev–Trinajstić information content (AvgIpc) is 3.07. The van der Waals surface area contributed by atoms with Gasteiger partial charge in [-0.3, -0.25) is 4.79 Å². The van der Waals surface area contributed by atoms with Crippen LogP contribution in [-0.4, -0.2) is 39.3 Å². The molecular weight excluding hydrogens is 325 g/mol. The molecule has 136 valence electrons. The number of aryl methyl sites for hydroxylation is 1. The van der Waals surface area contributed by atoms with E-state index in [2.05, 4.69) is 10.3 Å². The van der Waals surface area contributed by atoms with E-state index in [1.807, 2.05) is 0 Å². The molecule has 1 aromatic rings. The van der Waals surface area contributed by atoms with Gasteiger partial charge in [0.05, 0.1) is 0 Å². The van der Waals surface area contributed by atoms with E-state index in [1.165, 1.54) is 19.4 Å². The van der Waals surface area contributed by atoms with Gasteiger partial charge in [-0.2, -0.15) is 13.2 Å². The second kappa shape index (κ2) is 7.10. The number of hydrogen-bond donors (Lipinski definition) is 3. The maximum atomic E-state index is 13.3. The van der Waals surface area contributed by atoms with E-state index < -0.39 is 24.0 Å². The summed E-state index contributed by atoms with van der Waals surface area (Å²) >= 11 is 0. The largest absolute Gasteiger partial charge is 0.424 e. The number of carbonyl (C=O) groups is 1. The van der Waals surface area contributed by atoms with Gasteiger partial charge in [-0.25, -0.2) is 4.98 Å². The zero-order chi connectivity index (χ0) is 18.0. The van der Waals surface area contributed by atoms with E-state index in [-0.39, 0.29) is 30.8 Å². The molecule has 1 saturated carbocycles. The summed E-state index contributed by atoms with van der Waals surface area (Å²) in [5.41, 5.74) is 2.77. The number of nitrogens with zero attached hydrogens (tertiary/aromatic N) is 2. The number of halogens is 3. The van der Waals surface area contributed by atoms with Gasteiger partial charge in [0.2, 0.25) is 11.5 Å². The third-order valence-electron chi connectivity index (χ3n) is 4.63. The third-order valence-corrected chi connectivity index (χ3v) is 4.63. The van der Waals surface area contributed by atoms with Crippen molar-refractivity contribution in [2.75, 3.05) is 6.54 Å². The highest BCUT2D eigenvalue weighted by atomic mass is 19.4. The van der Waals surface area contributed by atoms with Crippen molar-refractivity contribution in [3.05, 3.63) is 18.2 Å². The zero-order valence-electron chi connectivity index (χ0n) is 13.5. The summed E-state index contributed by atoms with van der Waals surface area (Å²) in [6.07, 6.45) is -0.202. The molecule has 0 radical (unpaired) electrons. The maximum Gasteiger partial charge on any atom is 0.424 e. The van der Waals surface area contributed by atoms with Gasteiger partial charge in [-0.05, 0) is 18.8 Å². The van der Waals surface area contributed by atoms with Crippen molar-refractivity contribution in [2.45, 2.75) is 49.9 Å². The first kappa shape index (κ1) is 18.7. The minimum absolute atomic E-state index is 0.0320. The van der Waals surface area contributed by atoms with Crippen LogP contribution in [0.3, 0.4) is 0 Å². The molecule has 0 saturated heterocycles. The second-order valence-corrected chi connectivity index (χ2v) is 6.38.